The Labute approximate surface area is 135 Å². The molecular weight excluding hydrogens is 300 g/mol. The van der Waals surface area contributed by atoms with E-state index in [1.807, 2.05) is 19.9 Å². The summed E-state index contributed by atoms with van der Waals surface area (Å²) in [6, 6.07) is 6.77. The molecule has 0 aromatic heterocycles. The van der Waals surface area contributed by atoms with Crippen LogP contribution in [0.3, 0.4) is 0 Å². The molecule has 6 heteroatoms. The second-order valence-electron chi connectivity index (χ2n) is 6.07. The van der Waals surface area contributed by atoms with Gasteiger partial charge in [-0.15, -0.1) is 0 Å². The lowest BCUT2D eigenvalue weighted by Crippen LogP contribution is -2.33. The maximum Gasteiger partial charge on any atom is 0.543 e. The second kappa shape index (κ2) is 7.97. The summed E-state index contributed by atoms with van der Waals surface area (Å²) in [7, 11) is 0. The average Bonchev–Trinajstić information content (AvgIpc) is 2.52. The number of carbonyl (C=O) groups is 2. The lowest BCUT2D eigenvalue weighted by atomic mass is 9.79. The molecule has 1 aromatic rings. The van der Waals surface area contributed by atoms with E-state index in [0.717, 1.165) is 24.8 Å². The fourth-order valence-corrected chi connectivity index (χ4v) is 2.74. The number of hydrogen-bond donors (Lipinski definition) is 0. The summed E-state index contributed by atoms with van der Waals surface area (Å²) < 4.78 is 5.20. The Bertz CT molecular complexity index is 556. The number of benzene rings is 1. The second-order valence-corrected chi connectivity index (χ2v) is 6.07. The molecule has 0 aliphatic heterocycles. The molecule has 3 atom stereocenters. The van der Waals surface area contributed by atoms with E-state index in [9.17, 15) is 9.59 Å². The highest BCUT2D eigenvalue weighted by Gasteiger charge is 2.30. The van der Waals surface area contributed by atoms with Crippen molar-refractivity contribution in [1.29, 1.82) is 0 Å². The zero-order chi connectivity index (χ0) is 16.8. The van der Waals surface area contributed by atoms with Crippen LogP contribution in [-0.4, -0.2) is 18.2 Å². The zero-order valence-corrected chi connectivity index (χ0v) is 13.6. The quantitative estimate of drug-likeness (QED) is 0.474. The molecule has 0 spiro atoms. The van der Waals surface area contributed by atoms with Gasteiger partial charge in [-0.1, -0.05) is 38.0 Å². The highest BCUT2D eigenvalue weighted by Crippen LogP contribution is 2.31. The monoisotopic (exact) mass is 322 g/mol. The van der Waals surface area contributed by atoms with E-state index < -0.39 is 12.1 Å². The molecular formula is C17H22O6. The zero-order valence-electron chi connectivity index (χ0n) is 13.6. The molecule has 0 amide bonds. The van der Waals surface area contributed by atoms with Crippen molar-refractivity contribution in [1.82, 2.24) is 0 Å². The average molecular weight is 322 g/mol. The highest BCUT2D eigenvalue weighted by molar-refractivity contribution is 5.89. The molecule has 1 fully saturated rings. The van der Waals surface area contributed by atoms with Gasteiger partial charge in [0, 0.05) is 0 Å². The van der Waals surface area contributed by atoms with Crippen LogP contribution >= 0.6 is 0 Å². The predicted molar refractivity (Wildman–Crippen MR) is 81.2 cm³/mol. The molecule has 6 nitrogen and oxygen atoms in total. The number of rotatable bonds is 4. The van der Waals surface area contributed by atoms with Crippen molar-refractivity contribution >= 4 is 12.1 Å². The molecule has 1 aliphatic rings. The number of ether oxygens (including phenoxy) is 1. The largest absolute Gasteiger partial charge is 0.543 e. The van der Waals surface area contributed by atoms with E-state index in [1.54, 1.807) is 18.2 Å². The molecule has 0 heterocycles. The van der Waals surface area contributed by atoms with Crippen molar-refractivity contribution < 1.29 is 29.1 Å². The first-order chi connectivity index (χ1) is 11.0. The lowest BCUT2D eigenvalue weighted by molar-refractivity contribution is -0.453. The summed E-state index contributed by atoms with van der Waals surface area (Å²) in [5.74, 6) is -0.00563. The third kappa shape index (κ3) is 4.96. The molecule has 1 aliphatic carbocycles. The van der Waals surface area contributed by atoms with Crippen molar-refractivity contribution in [2.24, 2.45) is 11.8 Å². The summed E-state index contributed by atoms with van der Waals surface area (Å²) in [5, 5.41) is 4.23. The van der Waals surface area contributed by atoms with Crippen molar-refractivity contribution in [3.05, 3.63) is 35.4 Å². The van der Waals surface area contributed by atoms with E-state index >= 15 is 0 Å². The first-order valence-electron chi connectivity index (χ1n) is 7.80. The fourth-order valence-electron chi connectivity index (χ4n) is 2.74. The third-order valence-corrected chi connectivity index (χ3v) is 4.35. The maximum atomic E-state index is 11.7. The van der Waals surface area contributed by atoms with Gasteiger partial charge in [-0.3, -0.25) is 4.89 Å². The van der Waals surface area contributed by atoms with Gasteiger partial charge < -0.3 is 4.74 Å². The Hall–Kier alpha value is -2.08. The molecule has 3 unspecified atom stereocenters. The van der Waals surface area contributed by atoms with E-state index in [2.05, 4.69) is 21.7 Å². The van der Waals surface area contributed by atoms with Gasteiger partial charge in [0.25, 0.3) is 0 Å². The summed E-state index contributed by atoms with van der Waals surface area (Å²) in [6.45, 7) is 6.02. The van der Waals surface area contributed by atoms with Crippen molar-refractivity contribution in [2.45, 2.75) is 46.1 Å². The van der Waals surface area contributed by atoms with Crippen LogP contribution in [0.2, 0.25) is 0 Å². The van der Waals surface area contributed by atoms with Gasteiger partial charge in [0.1, 0.15) is 6.10 Å². The molecule has 0 bridgehead atoms. The minimum absolute atomic E-state index is 0.206. The summed E-state index contributed by atoms with van der Waals surface area (Å²) in [6.07, 6.45) is 1.71. The third-order valence-electron chi connectivity index (χ3n) is 4.35. The summed E-state index contributed by atoms with van der Waals surface area (Å²) in [4.78, 5) is 32.0. The first-order valence-corrected chi connectivity index (χ1v) is 7.80. The maximum absolute atomic E-state index is 11.7. The molecule has 2 rings (SSSR count). The number of hydrogen-bond acceptors (Lipinski definition) is 6. The molecule has 0 saturated heterocycles. The van der Waals surface area contributed by atoms with Crippen LogP contribution in [0.1, 0.15) is 49.0 Å². The van der Waals surface area contributed by atoms with Crippen molar-refractivity contribution in [3.8, 4) is 0 Å². The van der Waals surface area contributed by atoms with E-state index in [-0.39, 0.29) is 12.0 Å². The molecule has 23 heavy (non-hydrogen) atoms. The van der Waals surface area contributed by atoms with Crippen LogP contribution in [0, 0.1) is 18.8 Å². The standard InChI is InChI=1S/C17H22O6/c1-11-6-4-8-14(10-11)16(18)21-23-22-17(19)20-15-9-5-7-12(2)13(15)3/h4,6,8,10,12-13,15H,5,7,9H2,1-3H3. The minimum atomic E-state index is -1.01. The fraction of sp³-hybridized carbons (Fsp3) is 0.529. The minimum Gasteiger partial charge on any atom is -0.429 e. The van der Waals surface area contributed by atoms with Crippen molar-refractivity contribution in [2.75, 3.05) is 0 Å². The lowest BCUT2D eigenvalue weighted by Gasteiger charge is -2.32. The summed E-state index contributed by atoms with van der Waals surface area (Å²) in [5.41, 5.74) is 1.21. The van der Waals surface area contributed by atoms with Gasteiger partial charge in [-0.05, 0) is 43.7 Å². The smallest absolute Gasteiger partial charge is 0.429 e. The van der Waals surface area contributed by atoms with Gasteiger partial charge >= 0.3 is 12.1 Å². The van der Waals surface area contributed by atoms with Gasteiger partial charge in [0.15, 0.2) is 0 Å². The summed E-state index contributed by atoms with van der Waals surface area (Å²) >= 11 is 0. The van der Waals surface area contributed by atoms with Crippen LogP contribution in [0.4, 0.5) is 4.79 Å². The molecule has 126 valence electrons. The van der Waals surface area contributed by atoms with Crippen LogP contribution in [-0.2, 0) is 19.6 Å². The Balaban J connectivity index is 1.73. The van der Waals surface area contributed by atoms with Crippen LogP contribution in [0.15, 0.2) is 24.3 Å². The van der Waals surface area contributed by atoms with Crippen LogP contribution < -0.4 is 0 Å². The number of aryl methyl sites for hydroxylation is 1. The Kier molecular flexibility index (Phi) is 5.98. The molecule has 0 N–H and O–H groups in total. The van der Waals surface area contributed by atoms with E-state index in [1.165, 1.54) is 0 Å². The van der Waals surface area contributed by atoms with Crippen LogP contribution in [0.25, 0.3) is 0 Å². The van der Waals surface area contributed by atoms with Crippen molar-refractivity contribution in [3.63, 3.8) is 0 Å². The molecule has 1 saturated carbocycles. The molecule has 1 aromatic carbocycles. The Morgan fingerprint density at radius 3 is 2.65 bits per heavy atom. The highest BCUT2D eigenvalue weighted by atomic mass is 17.5. The topological polar surface area (TPSA) is 71.1 Å². The van der Waals surface area contributed by atoms with Gasteiger partial charge in [0.05, 0.1) is 10.6 Å². The number of carbonyl (C=O) groups excluding carboxylic acids is 2. The van der Waals surface area contributed by atoms with Gasteiger partial charge in [0.2, 0.25) is 0 Å². The normalized spacial score (nSPS) is 23.9. The molecule has 0 radical (unpaired) electrons. The van der Waals surface area contributed by atoms with Crippen LogP contribution in [0.5, 0.6) is 0 Å². The van der Waals surface area contributed by atoms with E-state index in [0.29, 0.717) is 11.5 Å². The Morgan fingerprint density at radius 1 is 1.13 bits per heavy atom. The predicted octanol–water partition coefficient (Wildman–Crippen LogP) is 3.98. The van der Waals surface area contributed by atoms with Gasteiger partial charge in [-0.25, -0.2) is 14.5 Å². The van der Waals surface area contributed by atoms with E-state index in [4.69, 9.17) is 4.74 Å². The first kappa shape index (κ1) is 17.3. The Morgan fingerprint density at radius 2 is 1.91 bits per heavy atom. The van der Waals surface area contributed by atoms with Gasteiger partial charge in [-0.2, -0.15) is 0 Å². The SMILES string of the molecule is Cc1cccc(C(=O)OOOC(=O)OC2CCCC(C)C2C)c1.